The summed E-state index contributed by atoms with van der Waals surface area (Å²) in [7, 11) is 0. The molecule has 3 rings (SSSR count). The van der Waals surface area contributed by atoms with Gasteiger partial charge in [-0.1, -0.05) is 11.6 Å². The fourth-order valence-corrected chi connectivity index (χ4v) is 3.35. The number of nitrogens with one attached hydrogen (secondary N) is 1. The highest BCUT2D eigenvalue weighted by atomic mass is 35.5. The molecule has 0 fully saturated rings. The van der Waals surface area contributed by atoms with Crippen LogP contribution in [0.2, 0.25) is 5.02 Å². The second kappa shape index (κ2) is 10.1. The highest BCUT2D eigenvalue weighted by molar-refractivity contribution is 6.30. The number of amides is 1. The van der Waals surface area contributed by atoms with Gasteiger partial charge in [0.25, 0.3) is 5.69 Å². The van der Waals surface area contributed by atoms with Crippen LogP contribution < -0.4 is 15.8 Å². The zero-order valence-electron chi connectivity index (χ0n) is 16.9. The van der Waals surface area contributed by atoms with Gasteiger partial charge in [0.05, 0.1) is 23.1 Å². The van der Waals surface area contributed by atoms with E-state index in [4.69, 9.17) is 20.8 Å². The normalized spacial score (nSPS) is 10.9. The number of non-ortho nitro benzene ring substituents is 1. The Morgan fingerprint density at radius 1 is 1.26 bits per heavy atom. The van der Waals surface area contributed by atoms with Crippen molar-refractivity contribution in [3.63, 3.8) is 0 Å². The molecule has 0 aliphatic carbocycles. The molecule has 0 radical (unpaired) electrons. The SMILES string of the molecule is Cc1cc(Cl)ccc1OCCCNC(=O)CCCn1c(=O)oc2cc([N+](=O)[O-])ccc21. The number of carbonyl (C=O) groups excluding carboxylic acids is 1. The minimum atomic E-state index is -0.606. The first-order chi connectivity index (χ1) is 14.8. The molecule has 0 atom stereocenters. The van der Waals surface area contributed by atoms with Gasteiger partial charge in [0.2, 0.25) is 5.91 Å². The third-order valence-corrected chi connectivity index (χ3v) is 4.92. The minimum Gasteiger partial charge on any atom is -0.493 e. The van der Waals surface area contributed by atoms with Crippen molar-refractivity contribution in [2.45, 2.75) is 32.7 Å². The maximum Gasteiger partial charge on any atom is 0.419 e. The number of carbonyl (C=O) groups is 1. The molecule has 9 nitrogen and oxygen atoms in total. The van der Waals surface area contributed by atoms with Crippen molar-refractivity contribution < 1.29 is 18.9 Å². The standard InChI is InChI=1S/C21H22ClN3O6/c1-14-12-15(22)5-8-18(14)30-11-3-9-23-20(26)4-2-10-24-17-7-6-16(25(28)29)13-19(17)31-21(24)27/h5-8,12-13H,2-4,9-11H2,1H3,(H,23,26). The van der Waals surface area contributed by atoms with Gasteiger partial charge in [-0.25, -0.2) is 4.79 Å². The number of hydrogen-bond donors (Lipinski definition) is 1. The molecule has 1 aromatic heterocycles. The summed E-state index contributed by atoms with van der Waals surface area (Å²) in [5.41, 5.74) is 1.42. The molecule has 2 aromatic carbocycles. The number of nitro groups is 1. The topological polar surface area (TPSA) is 117 Å². The first-order valence-electron chi connectivity index (χ1n) is 9.78. The van der Waals surface area contributed by atoms with E-state index in [0.29, 0.717) is 36.5 Å². The van der Waals surface area contributed by atoms with Crippen LogP contribution in [0.3, 0.4) is 0 Å². The van der Waals surface area contributed by atoms with Crippen molar-refractivity contribution in [1.82, 2.24) is 9.88 Å². The molecule has 1 N–H and O–H groups in total. The quantitative estimate of drug-likeness (QED) is 0.287. The van der Waals surface area contributed by atoms with E-state index in [-0.39, 0.29) is 30.1 Å². The van der Waals surface area contributed by atoms with Crippen LogP contribution in [-0.2, 0) is 11.3 Å². The molecule has 31 heavy (non-hydrogen) atoms. The number of oxazole rings is 1. The molecule has 0 spiro atoms. The number of nitrogens with zero attached hydrogens (tertiary/aromatic N) is 2. The van der Waals surface area contributed by atoms with Gasteiger partial charge < -0.3 is 14.5 Å². The van der Waals surface area contributed by atoms with Gasteiger partial charge >= 0.3 is 5.76 Å². The third-order valence-electron chi connectivity index (χ3n) is 4.69. The number of rotatable bonds is 10. The highest BCUT2D eigenvalue weighted by Crippen LogP contribution is 2.22. The van der Waals surface area contributed by atoms with Crippen LogP contribution in [0.5, 0.6) is 5.75 Å². The lowest BCUT2D eigenvalue weighted by Gasteiger charge is -2.10. The van der Waals surface area contributed by atoms with Crippen LogP contribution in [0.25, 0.3) is 11.1 Å². The number of benzene rings is 2. The van der Waals surface area contributed by atoms with Gasteiger partial charge in [-0.2, -0.15) is 0 Å². The Morgan fingerprint density at radius 3 is 2.81 bits per heavy atom. The van der Waals surface area contributed by atoms with Crippen molar-refractivity contribution in [2.24, 2.45) is 0 Å². The van der Waals surface area contributed by atoms with Gasteiger partial charge in [-0.05, 0) is 49.6 Å². The van der Waals surface area contributed by atoms with E-state index in [9.17, 15) is 19.7 Å². The monoisotopic (exact) mass is 447 g/mol. The van der Waals surface area contributed by atoms with Gasteiger partial charge in [0.1, 0.15) is 5.75 Å². The van der Waals surface area contributed by atoms with E-state index in [1.807, 2.05) is 19.1 Å². The van der Waals surface area contributed by atoms with Crippen molar-refractivity contribution >= 4 is 34.3 Å². The second-order valence-corrected chi connectivity index (χ2v) is 7.43. The Morgan fingerprint density at radius 2 is 2.06 bits per heavy atom. The summed E-state index contributed by atoms with van der Waals surface area (Å²) in [6.45, 7) is 3.13. The van der Waals surface area contributed by atoms with E-state index in [1.165, 1.54) is 22.8 Å². The minimum absolute atomic E-state index is 0.126. The number of aromatic nitrogens is 1. The Kier molecular flexibility index (Phi) is 7.30. The molecule has 0 unspecified atom stereocenters. The Bertz CT molecular complexity index is 1150. The molecule has 1 amide bonds. The number of fused-ring (bicyclic) bond motifs is 1. The van der Waals surface area contributed by atoms with Crippen molar-refractivity contribution in [1.29, 1.82) is 0 Å². The summed E-state index contributed by atoms with van der Waals surface area (Å²) in [6, 6.07) is 9.41. The van der Waals surface area contributed by atoms with E-state index >= 15 is 0 Å². The first-order valence-corrected chi connectivity index (χ1v) is 10.2. The maximum atomic E-state index is 12.0. The van der Waals surface area contributed by atoms with Gasteiger partial charge in [0, 0.05) is 30.6 Å². The lowest BCUT2D eigenvalue weighted by atomic mass is 10.2. The summed E-state index contributed by atoms with van der Waals surface area (Å²) >= 11 is 5.91. The average molecular weight is 448 g/mol. The third kappa shape index (κ3) is 5.85. The van der Waals surface area contributed by atoms with Crippen LogP contribution in [0, 0.1) is 17.0 Å². The van der Waals surface area contributed by atoms with Crippen molar-refractivity contribution in [2.75, 3.05) is 13.2 Å². The molecule has 0 aliphatic rings. The van der Waals surface area contributed by atoms with Gasteiger partial charge in [-0.15, -0.1) is 0 Å². The predicted molar refractivity (Wildman–Crippen MR) is 116 cm³/mol. The molecule has 10 heteroatoms. The predicted octanol–water partition coefficient (Wildman–Crippen LogP) is 3.83. The molecule has 0 saturated heterocycles. The van der Waals surface area contributed by atoms with E-state index in [0.717, 1.165) is 11.3 Å². The van der Waals surface area contributed by atoms with Crippen LogP contribution in [0.4, 0.5) is 5.69 Å². The van der Waals surface area contributed by atoms with Crippen LogP contribution >= 0.6 is 11.6 Å². The first kappa shape index (κ1) is 22.4. The lowest BCUT2D eigenvalue weighted by molar-refractivity contribution is -0.384. The summed E-state index contributed by atoms with van der Waals surface area (Å²) in [6.07, 6.45) is 1.32. The second-order valence-electron chi connectivity index (χ2n) is 6.99. The lowest BCUT2D eigenvalue weighted by Crippen LogP contribution is -2.26. The average Bonchev–Trinajstić information content (AvgIpc) is 3.03. The fraction of sp³-hybridized carbons (Fsp3) is 0.333. The fourth-order valence-electron chi connectivity index (χ4n) is 3.12. The molecular weight excluding hydrogens is 426 g/mol. The van der Waals surface area contributed by atoms with Crippen molar-refractivity contribution in [3.05, 3.63) is 67.6 Å². The number of aryl methyl sites for hydroxylation is 2. The molecule has 164 valence electrons. The van der Waals surface area contributed by atoms with E-state index in [2.05, 4.69) is 5.32 Å². The zero-order chi connectivity index (χ0) is 22.4. The van der Waals surface area contributed by atoms with Crippen molar-refractivity contribution in [3.8, 4) is 5.75 Å². The number of ether oxygens (including phenoxy) is 1. The molecule has 0 saturated carbocycles. The Hall–Kier alpha value is -3.33. The Labute approximate surface area is 182 Å². The van der Waals surface area contributed by atoms with Gasteiger partial charge in [0.15, 0.2) is 5.58 Å². The smallest absolute Gasteiger partial charge is 0.419 e. The van der Waals surface area contributed by atoms with Crippen LogP contribution in [-0.4, -0.2) is 28.5 Å². The zero-order valence-corrected chi connectivity index (χ0v) is 17.7. The van der Waals surface area contributed by atoms with Crippen LogP contribution in [0.1, 0.15) is 24.8 Å². The summed E-state index contributed by atoms with van der Waals surface area (Å²) in [4.78, 5) is 34.3. The number of halogens is 1. The molecule has 0 aliphatic heterocycles. The van der Waals surface area contributed by atoms with Crippen LogP contribution in [0.15, 0.2) is 45.6 Å². The van der Waals surface area contributed by atoms with E-state index < -0.39 is 10.7 Å². The highest BCUT2D eigenvalue weighted by Gasteiger charge is 2.14. The van der Waals surface area contributed by atoms with Gasteiger partial charge in [-0.3, -0.25) is 19.5 Å². The number of hydrogen-bond acceptors (Lipinski definition) is 6. The molecule has 1 heterocycles. The molecule has 0 bridgehead atoms. The maximum absolute atomic E-state index is 12.0. The molecule has 3 aromatic rings. The summed E-state index contributed by atoms with van der Waals surface area (Å²) in [5.74, 6) is 0.0311. The molecular formula is C21H22ClN3O6. The van der Waals surface area contributed by atoms with E-state index in [1.54, 1.807) is 6.07 Å². The Balaban J connectivity index is 1.40. The largest absolute Gasteiger partial charge is 0.493 e. The summed E-state index contributed by atoms with van der Waals surface area (Å²) < 4.78 is 12.1. The summed E-state index contributed by atoms with van der Waals surface area (Å²) in [5, 5.41) is 14.3. The number of nitro benzene ring substituents is 1.